The van der Waals surface area contributed by atoms with Crippen molar-refractivity contribution in [3.63, 3.8) is 0 Å². The third kappa shape index (κ3) is 3.83. The summed E-state index contributed by atoms with van der Waals surface area (Å²) in [5.74, 6) is -0.570. The van der Waals surface area contributed by atoms with Crippen LogP contribution in [0.1, 0.15) is 37.4 Å². The summed E-state index contributed by atoms with van der Waals surface area (Å²) in [6.07, 6.45) is 1.73. The van der Waals surface area contributed by atoms with Crippen molar-refractivity contribution in [1.82, 2.24) is 9.88 Å². The SMILES string of the molecule is Cc1ccc(-c2ncc(CN3C(=O)c4ccccc4C3=O)cc2-c2ccc(CO)cc2)cc1. The monoisotopic (exact) mass is 434 g/mol. The van der Waals surface area contributed by atoms with Crippen LogP contribution in [-0.4, -0.2) is 26.8 Å². The summed E-state index contributed by atoms with van der Waals surface area (Å²) >= 11 is 0. The van der Waals surface area contributed by atoms with Crippen LogP contribution >= 0.6 is 0 Å². The van der Waals surface area contributed by atoms with Crippen LogP contribution in [0.2, 0.25) is 0 Å². The van der Waals surface area contributed by atoms with Gasteiger partial charge in [-0.25, -0.2) is 0 Å². The quantitative estimate of drug-likeness (QED) is 0.448. The Labute approximate surface area is 192 Å². The molecule has 0 atom stereocenters. The highest BCUT2D eigenvalue weighted by molar-refractivity contribution is 6.21. The fraction of sp³-hybridized carbons (Fsp3) is 0.107. The van der Waals surface area contributed by atoms with Gasteiger partial charge in [0.25, 0.3) is 11.8 Å². The first-order chi connectivity index (χ1) is 16.0. The lowest BCUT2D eigenvalue weighted by molar-refractivity contribution is 0.0642. The Morgan fingerprint density at radius 3 is 1.97 bits per heavy atom. The third-order valence-corrected chi connectivity index (χ3v) is 5.94. The Morgan fingerprint density at radius 1 is 0.758 bits per heavy atom. The van der Waals surface area contributed by atoms with E-state index in [1.165, 1.54) is 4.90 Å². The summed E-state index contributed by atoms with van der Waals surface area (Å²) in [4.78, 5) is 31.6. The van der Waals surface area contributed by atoms with Crippen molar-refractivity contribution in [3.05, 3.63) is 113 Å². The summed E-state index contributed by atoms with van der Waals surface area (Å²) in [6, 6.07) is 24.7. The lowest BCUT2D eigenvalue weighted by Crippen LogP contribution is -2.29. The molecule has 0 saturated carbocycles. The minimum Gasteiger partial charge on any atom is -0.392 e. The molecule has 1 aliphatic rings. The van der Waals surface area contributed by atoms with Gasteiger partial charge in [-0.05, 0) is 41.8 Å². The van der Waals surface area contributed by atoms with E-state index in [4.69, 9.17) is 4.98 Å². The largest absolute Gasteiger partial charge is 0.392 e. The van der Waals surface area contributed by atoms with Gasteiger partial charge in [0, 0.05) is 17.3 Å². The average Bonchev–Trinajstić information content (AvgIpc) is 3.10. The van der Waals surface area contributed by atoms with E-state index in [9.17, 15) is 14.7 Å². The predicted octanol–water partition coefficient (Wildman–Crippen LogP) is 5.01. The molecule has 2 amide bonds. The zero-order valence-corrected chi connectivity index (χ0v) is 18.2. The summed E-state index contributed by atoms with van der Waals surface area (Å²) in [5, 5.41) is 9.40. The average molecular weight is 434 g/mol. The molecule has 2 heterocycles. The second-order valence-electron chi connectivity index (χ2n) is 8.20. The molecule has 162 valence electrons. The number of fused-ring (bicyclic) bond motifs is 1. The van der Waals surface area contributed by atoms with Crippen LogP contribution in [0.3, 0.4) is 0 Å². The number of amides is 2. The van der Waals surface area contributed by atoms with Gasteiger partial charge in [-0.3, -0.25) is 19.5 Å². The molecule has 5 nitrogen and oxygen atoms in total. The van der Waals surface area contributed by atoms with E-state index in [1.54, 1.807) is 30.5 Å². The summed E-state index contributed by atoms with van der Waals surface area (Å²) in [7, 11) is 0. The van der Waals surface area contributed by atoms with Gasteiger partial charge in [0.05, 0.1) is 30.0 Å². The molecule has 5 heteroatoms. The third-order valence-electron chi connectivity index (χ3n) is 5.94. The van der Waals surface area contributed by atoms with Gasteiger partial charge in [-0.2, -0.15) is 0 Å². The number of imide groups is 1. The summed E-state index contributed by atoms with van der Waals surface area (Å²) in [5.41, 5.74) is 7.27. The molecule has 1 N–H and O–H groups in total. The first-order valence-corrected chi connectivity index (χ1v) is 10.8. The number of carbonyl (C=O) groups is 2. The standard InChI is InChI=1S/C28H22N2O3/c1-18-6-10-22(11-7-18)26-25(21-12-8-19(17-31)9-13-21)14-20(15-29-26)16-30-27(32)23-4-2-3-5-24(23)28(30)33/h2-15,31H,16-17H2,1H3. The minimum absolute atomic E-state index is 0.0247. The maximum Gasteiger partial charge on any atom is 0.261 e. The van der Waals surface area contributed by atoms with Crippen molar-refractivity contribution < 1.29 is 14.7 Å². The smallest absolute Gasteiger partial charge is 0.261 e. The van der Waals surface area contributed by atoms with Crippen molar-refractivity contribution in [2.75, 3.05) is 0 Å². The van der Waals surface area contributed by atoms with Gasteiger partial charge in [0.15, 0.2) is 0 Å². The molecular weight excluding hydrogens is 412 g/mol. The molecule has 0 bridgehead atoms. The number of hydrogen-bond donors (Lipinski definition) is 1. The highest BCUT2D eigenvalue weighted by Crippen LogP contribution is 2.33. The Balaban J connectivity index is 1.55. The molecular formula is C28H22N2O3. The Morgan fingerprint density at radius 2 is 1.36 bits per heavy atom. The van der Waals surface area contributed by atoms with Crippen LogP contribution in [0.25, 0.3) is 22.4 Å². The molecule has 0 unspecified atom stereocenters. The molecule has 0 radical (unpaired) electrons. The van der Waals surface area contributed by atoms with Crippen molar-refractivity contribution in [2.45, 2.75) is 20.1 Å². The molecule has 33 heavy (non-hydrogen) atoms. The molecule has 4 aromatic rings. The van der Waals surface area contributed by atoms with Crippen LogP contribution < -0.4 is 0 Å². The van der Waals surface area contributed by atoms with Crippen LogP contribution in [0, 0.1) is 6.92 Å². The van der Waals surface area contributed by atoms with Gasteiger partial charge in [-0.15, -0.1) is 0 Å². The topological polar surface area (TPSA) is 70.5 Å². The number of aryl methyl sites for hydroxylation is 1. The normalized spacial score (nSPS) is 12.8. The number of pyridine rings is 1. The number of aliphatic hydroxyl groups excluding tert-OH is 1. The van der Waals surface area contributed by atoms with Crippen LogP contribution in [-0.2, 0) is 13.2 Å². The number of hydrogen-bond acceptors (Lipinski definition) is 4. The van der Waals surface area contributed by atoms with E-state index in [1.807, 2.05) is 61.5 Å². The highest BCUT2D eigenvalue weighted by Gasteiger charge is 2.35. The fourth-order valence-corrected chi connectivity index (χ4v) is 4.11. The minimum atomic E-state index is -0.285. The summed E-state index contributed by atoms with van der Waals surface area (Å²) in [6.45, 7) is 2.16. The van der Waals surface area contributed by atoms with E-state index >= 15 is 0 Å². The van der Waals surface area contributed by atoms with Crippen LogP contribution in [0.5, 0.6) is 0 Å². The van der Waals surface area contributed by atoms with E-state index in [0.29, 0.717) is 11.1 Å². The molecule has 0 aliphatic carbocycles. The first kappa shape index (κ1) is 20.8. The van der Waals surface area contributed by atoms with Gasteiger partial charge in [-0.1, -0.05) is 66.2 Å². The van der Waals surface area contributed by atoms with Crippen LogP contribution in [0.15, 0.2) is 85.1 Å². The summed E-state index contributed by atoms with van der Waals surface area (Å²) < 4.78 is 0. The predicted molar refractivity (Wildman–Crippen MR) is 126 cm³/mol. The van der Waals surface area contributed by atoms with Gasteiger partial charge in [0.1, 0.15) is 0 Å². The molecule has 0 spiro atoms. The van der Waals surface area contributed by atoms with E-state index < -0.39 is 0 Å². The number of aliphatic hydroxyl groups is 1. The lowest BCUT2D eigenvalue weighted by atomic mass is 9.96. The molecule has 3 aromatic carbocycles. The van der Waals surface area contributed by atoms with Gasteiger partial charge >= 0.3 is 0 Å². The molecule has 1 aromatic heterocycles. The van der Waals surface area contributed by atoms with Crippen molar-refractivity contribution >= 4 is 11.8 Å². The Hall–Kier alpha value is -4.09. The second kappa shape index (κ2) is 8.45. The number of aromatic nitrogens is 1. The lowest BCUT2D eigenvalue weighted by Gasteiger charge is -2.16. The number of nitrogens with zero attached hydrogens (tertiary/aromatic N) is 2. The fourth-order valence-electron chi connectivity index (χ4n) is 4.11. The van der Waals surface area contributed by atoms with Gasteiger partial charge in [0.2, 0.25) is 0 Å². The number of benzene rings is 3. The first-order valence-electron chi connectivity index (χ1n) is 10.8. The van der Waals surface area contributed by atoms with Crippen molar-refractivity contribution in [2.24, 2.45) is 0 Å². The number of carbonyl (C=O) groups excluding carboxylic acids is 2. The Bertz CT molecular complexity index is 1320. The molecule has 5 rings (SSSR count). The maximum absolute atomic E-state index is 12.8. The molecule has 0 fully saturated rings. The van der Waals surface area contributed by atoms with Crippen LogP contribution in [0.4, 0.5) is 0 Å². The zero-order chi connectivity index (χ0) is 22.9. The second-order valence-corrected chi connectivity index (χ2v) is 8.20. The zero-order valence-electron chi connectivity index (χ0n) is 18.2. The van der Waals surface area contributed by atoms with E-state index in [0.717, 1.165) is 39.1 Å². The maximum atomic E-state index is 12.8. The van der Waals surface area contributed by atoms with Gasteiger partial charge < -0.3 is 5.11 Å². The highest BCUT2D eigenvalue weighted by atomic mass is 16.3. The number of rotatable bonds is 5. The Kier molecular flexibility index (Phi) is 5.32. The van der Waals surface area contributed by atoms with E-state index in [-0.39, 0.29) is 25.0 Å². The van der Waals surface area contributed by atoms with Crippen molar-refractivity contribution in [1.29, 1.82) is 0 Å². The molecule has 1 aliphatic heterocycles. The van der Waals surface area contributed by atoms with Crippen molar-refractivity contribution in [3.8, 4) is 22.4 Å². The van der Waals surface area contributed by atoms with E-state index in [2.05, 4.69) is 0 Å². The molecule has 0 saturated heterocycles.